The molecule has 0 atom stereocenters. The van der Waals surface area contributed by atoms with Crippen LogP contribution in [0.1, 0.15) is 26.3 Å². The highest BCUT2D eigenvalue weighted by atomic mass is 79.9. The molecule has 0 spiro atoms. The first-order chi connectivity index (χ1) is 15.5. The lowest BCUT2D eigenvalue weighted by Gasteiger charge is -2.07. The minimum Gasteiger partial charge on any atom is -0.423 e. The number of hydrogen-bond donors (Lipinski definition) is 1. The van der Waals surface area contributed by atoms with Crippen LogP contribution in [0.3, 0.4) is 0 Å². The van der Waals surface area contributed by atoms with Gasteiger partial charge in [0.15, 0.2) is 0 Å². The molecule has 0 fully saturated rings. The molecule has 0 aliphatic heterocycles. The van der Waals surface area contributed by atoms with Crippen molar-refractivity contribution >= 4 is 38.8 Å². The zero-order valence-corrected chi connectivity index (χ0v) is 18.4. The second kappa shape index (κ2) is 9.62. The van der Waals surface area contributed by atoms with Crippen molar-refractivity contribution in [2.45, 2.75) is 6.42 Å². The summed E-state index contributed by atoms with van der Waals surface area (Å²) >= 11 is 3.31. The zero-order valence-electron chi connectivity index (χ0n) is 16.8. The van der Waals surface area contributed by atoms with E-state index < -0.39 is 17.5 Å². The zero-order chi connectivity index (χ0) is 22.5. The van der Waals surface area contributed by atoms with Crippen molar-refractivity contribution < 1.29 is 18.7 Å². The Kier molecular flexibility index (Phi) is 6.47. The highest BCUT2D eigenvalue weighted by molar-refractivity contribution is 9.10. The van der Waals surface area contributed by atoms with Gasteiger partial charge in [0.05, 0.1) is 5.56 Å². The Bertz CT molecular complexity index is 1330. The van der Waals surface area contributed by atoms with Gasteiger partial charge in [-0.05, 0) is 54.4 Å². The summed E-state index contributed by atoms with van der Waals surface area (Å²) in [6, 6.07) is 22.6. The third-order valence-corrected chi connectivity index (χ3v) is 5.31. The van der Waals surface area contributed by atoms with Crippen LogP contribution in [0.2, 0.25) is 0 Å². The molecule has 4 rings (SSSR count). The van der Waals surface area contributed by atoms with Crippen LogP contribution in [-0.4, -0.2) is 18.4 Å². The van der Waals surface area contributed by atoms with E-state index in [9.17, 15) is 14.4 Å². The van der Waals surface area contributed by atoms with E-state index in [1.807, 2.05) is 30.3 Å². The standard InChI is InChI=1S/C25H18BrNO5/c26-19-9-6-17(7-10-19)24(29)31-20-11-8-18-14-21(25(30)32-22(18)15-20)23(28)27-13-12-16-4-2-1-3-5-16/h1-11,14-15H,12-13H2,(H,27,28). The fourth-order valence-electron chi connectivity index (χ4n) is 3.13. The molecule has 6 nitrogen and oxygen atoms in total. The van der Waals surface area contributed by atoms with Gasteiger partial charge in [0.1, 0.15) is 16.9 Å². The van der Waals surface area contributed by atoms with E-state index in [0.29, 0.717) is 23.9 Å². The molecule has 32 heavy (non-hydrogen) atoms. The molecule has 1 N–H and O–H groups in total. The normalized spacial score (nSPS) is 10.7. The summed E-state index contributed by atoms with van der Waals surface area (Å²) in [7, 11) is 0. The smallest absolute Gasteiger partial charge is 0.349 e. The van der Waals surface area contributed by atoms with Crippen LogP contribution in [0.25, 0.3) is 11.0 Å². The molecular formula is C25H18BrNO5. The number of carbonyl (C=O) groups excluding carboxylic acids is 2. The molecule has 3 aromatic carbocycles. The minimum atomic E-state index is -0.758. The monoisotopic (exact) mass is 491 g/mol. The van der Waals surface area contributed by atoms with Crippen molar-refractivity contribution in [3.63, 3.8) is 0 Å². The predicted octanol–water partition coefficient (Wildman–Crippen LogP) is 4.75. The molecule has 7 heteroatoms. The van der Waals surface area contributed by atoms with Crippen LogP contribution in [0.15, 0.2) is 92.5 Å². The molecule has 0 aliphatic carbocycles. The molecule has 1 heterocycles. The average Bonchev–Trinajstić information content (AvgIpc) is 2.79. The number of rotatable bonds is 6. The number of amides is 1. The number of carbonyl (C=O) groups is 2. The second-order valence-corrected chi connectivity index (χ2v) is 7.95. The van der Waals surface area contributed by atoms with Crippen molar-refractivity contribution in [2.75, 3.05) is 6.54 Å². The molecular weight excluding hydrogens is 474 g/mol. The van der Waals surface area contributed by atoms with Gasteiger partial charge >= 0.3 is 11.6 Å². The Balaban J connectivity index is 1.46. The summed E-state index contributed by atoms with van der Waals surface area (Å²) in [5, 5.41) is 3.28. The Morgan fingerprint density at radius 1 is 0.938 bits per heavy atom. The van der Waals surface area contributed by atoms with Crippen molar-refractivity contribution in [1.82, 2.24) is 5.32 Å². The Morgan fingerprint density at radius 2 is 1.69 bits per heavy atom. The minimum absolute atomic E-state index is 0.0785. The van der Waals surface area contributed by atoms with Gasteiger partial charge in [-0.15, -0.1) is 0 Å². The maximum absolute atomic E-state index is 12.4. The molecule has 1 aromatic heterocycles. The molecule has 4 aromatic rings. The van der Waals surface area contributed by atoms with E-state index in [-0.39, 0.29) is 16.9 Å². The topological polar surface area (TPSA) is 85.6 Å². The number of halogens is 1. The van der Waals surface area contributed by atoms with Crippen LogP contribution < -0.4 is 15.7 Å². The Hall–Kier alpha value is -3.71. The van der Waals surface area contributed by atoms with E-state index in [1.165, 1.54) is 12.1 Å². The summed E-state index contributed by atoms with van der Waals surface area (Å²) in [5.74, 6) is -0.801. The highest BCUT2D eigenvalue weighted by Crippen LogP contribution is 2.22. The van der Waals surface area contributed by atoms with Gasteiger partial charge in [0, 0.05) is 22.5 Å². The van der Waals surface area contributed by atoms with Crippen LogP contribution in [-0.2, 0) is 6.42 Å². The maximum Gasteiger partial charge on any atom is 0.349 e. The van der Waals surface area contributed by atoms with Crippen molar-refractivity contribution in [1.29, 1.82) is 0 Å². The van der Waals surface area contributed by atoms with Gasteiger partial charge < -0.3 is 14.5 Å². The predicted molar refractivity (Wildman–Crippen MR) is 124 cm³/mol. The molecule has 0 aliphatic rings. The van der Waals surface area contributed by atoms with Crippen molar-refractivity contribution in [2.24, 2.45) is 0 Å². The van der Waals surface area contributed by atoms with Gasteiger partial charge in [0.25, 0.3) is 5.91 Å². The quantitative estimate of drug-likeness (QED) is 0.239. The molecule has 0 unspecified atom stereocenters. The highest BCUT2D eigenvalue weighted by Gasteiger charge is 2.15. The van der Waals surface area contributed by atoms with Crippen molar-refractivity contribution in [3.8, 4) is 5.75 Å². The number of nitrogens with one attached hydrogen (secondary N) is 1. The molecule has 1 amide bonds. The lowest BCUT2D eigenvalue weighted by Crippen LogP contribution is -2.29. The van der Waals surface area contributed by atoms with Crippen molar-refractivity contribution in [3.05, 3.63) is 110 Å². The molecule has 0 saturated carbocycles. The van der Waals surface area contributed by atoms with Gasteiger partial charge in [0.2, 0.25) is 0 Å². The fourth-order valence-corrected chi connectivity index (χ4v) is 3.39. The first-order valence-corrected chi connectivity index (χ1v) is 10.7. The molecule has 0 radical (unpaired) electrons. The number of hydrogen-bond acceptors (Lipinski definition) is 5. The third-order valence-electron chi connectivity index (χ3n) is 4.78. The molecule has 0 bridgehead atoms. The SMILES string of the molecule is O=C(Oc1ccc2cc(C(=O)NCCc3ccccc3)c(=O)oc2c1)c1ccc(Br)cc1. The van der Waals surface area contributed by atoms with E-state index in [1.54, 1.807) is 36.4 Å². The van der Waals surface area contributed by atoms with Crippen LogP contribution in [0.4, 0.5) is 0 Å². The first-order valence-electron chi connectivity index (χ1n) is 9.87. The summed E-state index contributed by atoms with van der Waals surface area (Å²) < 4.78 is 11.5. The largest absolute Gasteiger partial charge is 0.423 e. The summed E-state index contributed by atoms with van der Waals surface area (Å²) in [6.45, 7) is 0.394. The van der Waals surface area contributed by atoms with E-state index >= 15 is 0 Å². The number of ether oxygens (including phenoxy) is 1. The second-order valence-electron chi connectivity index (χ2n) is 7.04. The first kappa shape index (κ1) is 21.5. The van der Waals surface area contributed by atoms with Crippen LogP contribution in [0.5, 0.6) is 5.75 Å². The number of esters is 1. The lowest BCUT2D eigenvalue weighted by molar-refractivity contribution is 0.0734. The number of benzene rings is 3. The lowest BCUT2D eigenvalue weighted by atomic mass is 10.1. The Morgan fingerprint density at radius 3 is 2.44 bits per heavy atom. The average molecular weight is 492 g/mol. The van der Waals surface area contributed by atoms with Gasteiger partial charge in [-0.2, -0.15) is 0 Å². The van der Waals surface area contributed by atoms with Gasteiger partial charge in [-0.25, -0.2) is 9.59 Å². The summed E-state index contributed by atoms with van der Waals surface area (Å²) in [4.78, 5) is 37.1. The van der Waals surface area contributed by atoms with E-state index in [0.717, 1.165) is 10.0 Å². The fraction of sp³-hybridized carbons (Fsp3) is 0.0800. The molecule has 0 saturated heterocycles. The van der Waals surface area contributed by atoms with Crippen LogP contribution >= 0.6 is 15.9 Å². The van der Waals surface area contributed by atoms with Gasteiger partial charge in [-0.3, -0.25) is 4.79 Å². The maximum atomic E-state index is 12.4. The Labute approximate surface area is 192 Å². The summed E-state index contributed by atoms with van der Waals surface area (Å²) in [5.41, 5.74) is 0.856. The number of fused-ring (bicyclic) bond motifs is 1. The molecule has 160 valence electrons. The van der Waals surface area contributed by atoms with E-state index in [4.69, 9.17) is 9.15 Å². The summed E-state index contributed by atoms with van der Waals surface area (Å²) in [6.07, 6.45) is 0.651. The van der Waals surface area contributed by atoms with Crippen LogP contribution in [0, 0.1) is 0 Å². The van der Waals surface area contributed by atoms with E-state index in [2.05, 4.69) is 21.2 Å². The third kappa shape index (κ3) is 5.12. The van der Waals surface area contributed by atoms with Gasteiger partial charge in [-0.1, -0.05) is 46.3 Å².